The molecule has 24 heavy (non-hydrogen) atoms. The van der Waals surface area contributed by atoms with E-state index < -0.39 is 18.6 Å². The third-order valence-electron chi connectivity index (χ3n) is 3.10. The first-order valence-electron chi connectivity index (χ1n) is 7.15. The van der Waals surface area contributed by atoms with Crippen LogP contribution < -0.4 is 19.5 Å². The Hall–Kier alpha value is -2.83. The van der Waals surface area contributed by atoms with Gasteiger partial charge in [0.25, 0.3) is 5.91 Å². The van der Waals surface area contributed by atoms with Gasteiger partial charge in [-0.25, -0.2) is 0 Å². The van der Waals surface area contributed by atoms with Crippen LogP contribution in [0.3, 0.4) is 0 Å². The summed E-state index contributed by atoms with van der Waals surface area (Å²) in [7, 11) is 1.49. The minimum atomic E-state index is -2.98. The van der Waals surface area contributed by atoms with Crippen LogP contribution in [0.2, 0.25) is 0 Å². The Labute approximate surface area is 138 Å². The maximum atomic E-state index is 12.4. The average Bonchev–Trinajstić information content (AvgIpc) is 2.56. The second-order valence-corrected chi connectivity index (χ2v) is 4.77. The summed E-state index contributed by atoms with van der Waals surface area (Å²) >= 11 is 0. The number of carbonyl (C=O) groups excluding carboxylic acids is 1. The van der Waals surface area contributed by atoms with Crippen LogP contribution in [0.15, 0.2) is 48.5 Å². The molecule has 0 aliphatic rings. The number of anilines is 1. The van der Waals surface area contributed by atoms with Gasteiger partial charge < -0.3 is 19.5 Å². The van der Waals surface area contributed by atoms with Crippen LogP contribution in [-0.4, -0.2) is 25.7 Å². The number of carbonyl (C=O) groups is 1. The van der Waals surface area contributed by atoms with E-state index in [1.165, 1.54) is 25.3 Å². The summed E-state index contributed by atoms with van der Waals surface area (Å²) in [5.41, 5.74) is 0.137. The third kappa shape index (κ3) is 4.58. The summed E-state index contributed by atoms with van der Waals surface area (Å²) < 4.78 is 39.9. The first-order chi connectivity index (χ1) is 11.5. The molecule has 0 spiro atoms. The topological polar surface area (TPSA) is 56.8 Å². The van der Waals surface area contributed by atoms with E-state index in [-0.39, 0.29) is 11.4 Å². The fourth-order valence-corrected chi connectivity index (χ4v) is 1.96. The highest BCUT2D eigenvalue weighted by Crippen LogP contribution is 2.28. The van der Waals surface area contributed by atoms with Gasteiger partial charge in [0, 0.05) is 0 Å². The lowest BCUT2D eigenvalue weighted by Crippen LogP contribution is -2.30. The van der Waals surface area contributed by atoms with Gasteiger partial charge in [-0.2, -0.15) is 8.78 Å². The fourth-order valence-electron chi connectivity index (χ4n) is 1.96. The summed E-state index contributed by atoms with van der Waals surface area (Å²) in [4.78, 5) is 12.2. The smallest absolute Gasteiger partial charge is 0.387 e. The van der Waals surface area contributed by atoms with Crippen molar-refractivity contribution in [1.29, 1.82) is 0 Å². The molecule has 1 N–H and O–H groups in total. The predicted molar refractivity (Wildman–Crippen MR) is 84.8 cm³/mol. The highest BCUT2D eigenvalue weighted by Gasteiger charge is 2.19. The molecule has 2 rings (SSSR count). The molecule has 0 unspecified atom stereocenters. The number of para-hydroxylation sites is 4. The van der Waals surface area contributed by atoms with Crippen LogP contribution in [0.1, 0.15) is 6.92 Å². The lowest BCUT2D eigenvalue weighted by Gasteiger charge is -2.17. The number of methoxy groups -OCH3 is 1. The van der Waals surface area contributed by atoms with E-state index in [1.54, 1.807) is 37.3 Å². The zero-order valence-corrected chi connectivity index (χ0v) is 13.2. The van der Waals surface area contributed by atoms with Gasteiger partial charge in [-0.3, -0.25) is 4.79 Å². The van der Waals surface area contributed by atoms with Crippen molar-refractivity contribution in [3.8, 4) is 17.2 Å². The van der Waals surface area contributed by atoms with E-state index in [2.05, 4.69) is 10.1 Å². The highest BCUT2D eigenvalue weighted by molar-refractivity contribution is 5.95. The summed E-state index contributed by atoms with van der Waals surface area (Å²) in [6, 6.07) is 12.8. The Morgan fingerprint density at radius 3 is 2.17 bits per heavy atom. The first kappa shape index (κ1) is 17.5. The normalized spacial score (nSPS) is 11.7. The highest BCUT2D eigenvalue weighted by atomic mass is 19.3. The molecule has 1 amide bonds. The molecule has 0 bridgehead atoms. The monoisotopic (exact) mass is 337 g/mol. The molecule has 0 aliphatic carbocycles. The molecular formula is C17H17F2NO4. The molecule has 2 aromatic rings. The maximum Gasteiger partial charge on any atom is 0.387 e. The number of amides is 1. The Kier molecular flexibility index (Phi) is 5.95. The number of halogens is 2. The summed E-state index contributed by atoms with van der Waals surface area (Å²) in [5.74, 6) is 0.259. The van der Waals surface area contributed by atoms with Crippen LogP contribution in [0.25, 0.3) is 0 Å². The largest absolute Gasteiger partial charge is 0.493 e. The average molecular weight is 337 g/mol. The zero-order chi connectivity index (χ0) is 17.5. The van der Waals surface area contributed by atoms with Crippen LogP contribution in [-0.2, 0) is 4.79 Å². The number of hydrogen-bond acceptors (Lipinski definition) is 4. The standard InChI is InChI=1S/C17H17F2NO4/c1-11(23-15-10-6-5-9-14(15)22-2)16(21)20-12-7-3-4-8-13(12)24-17(18)19/h3-11,17H,1-2H3,(H,20,21)/t11-/m1/s1. The van der Waals surface area contributed by atoms with Gasteiger partial charge in [0.05, 0.1) is 12.8 Å². The molecule has 7 heteroatoms. The van der Waals surface area contributed by atoms with Gasteiger partial charge in [0.2, 0.25) is 0 Å². The second kappa shape index (κ2) is 8.14. The number of hydrogen-bond donors (Lipinski definition) is 1. The van der Waals surface area contributed by atoms with Gasteiger partial charge in [0.1, 0.15) is 5.75 Å². The van der Waals surface area contributed by atoms with Gasteiger partial charge in [-0.1, -0.05) is 24.3 Å². The van der Waals surface area contributed by atoms with E-state index in [0.29, 0.717) is 11.5 Å². The number of nitrogens with one attached hydrogen (secondary N) is 1. The van der Waals surface area contributed by atoms with E-state index >= 15 is 0 Å². The number of alkyl halides is 2. The lowest BCUT2D eigenvalue weighted by atomic mass is 10.2. The minimum absolute atomic E-state index is 0.120. The minimum Gasteiger partial charge on any atom is -0.493 e. The zero-order valence-electron chi connectivity index (χ0n) is 13.2. The molecule has 0 saturated carbocycles. The fraction of sp³-hybridized carbons (Fsp3) is 0.235. The SMILES string of the molecule is COc1ccccc1O[C@H](C)C(=O)Nc1ccccc1OC(F)F. The Balaban J connectivity index is 2.07. The van der Waals surface area contributed by atoms with Crippen molar-refractivity contribution in [2.24, 2.45) is 0 Å². The summed E-state index contributed by atoms with van der Waals surface area (Å²) in [5, 5.41) is 2.51. The molecule has 0 aliphatic heterocycles. The Bertz CT molecular complexity index is 694. The number of benzene rings is 2. The lowest BCUT2D eigenvalue weighted by molar-refractivity contribution is -0.122. The van der Waals surface area contributed by atoms with Crippen LogP contribution in [0, 0.1) is 0 Å². The molecule has 5 nitrogen and oxygen atoms in total. The molecule has 0 saturated heterocycles. The molecule has 0 radical (unpaired) electrons. The molecule has 0 fully saturated rings. The maximum absolute atomic E-state index is 12.4. The van der Waals surface area contributed by atoms with E-state index in [0.717, 1.165) is 0 Å². The predicted octanol–water partition coefficient (Wildman–Crippen LogP) is 3.70. The number of rotatable bonds is 7. The quantitative estimate of drug-likeness (QED) is 0.837. The first-order valence-corrected chi connectivity index (χ1v) is 7.15. The van der Waals surface area contributed by atoms with Crippen molar-refractivity contribution in [2.45, 2.75) is 19.6 Å². The van der Waals surface area contributed by atoms with Crippen molar-refractivity contribution in [3.63, 3.8) is 0 Å². The Morgan fingerprint density at radius 2 is 1.54 bits per heavy atom. The van der Waals surface area contributed by atoms with Gasteiger partial charge >= 0.3 is 6.61 Å². The van der Waals surface area contributed by atoms with Gasteiger partial charge in [-0.05, 0) is 31.2 Å². The van der Waals surface area contributed by atoms with Gasteiger partial charge in [-0.15, -0.1) is 0 Å². The molecular weight excluding hydrogens is 320 g/mol. The van der Waals surface area contributed by atoms with Crippen molar-refractivity contribution in [3.05, 3.63) is 48.5 Å². The van der Waals surface area contributed by atoms with Crippen molar-refractivity contribution >= 4 is 11.6 Å². The van der Waals surface area contributed by atoms with Crippen molar-refractivity contribution in [2.75, 3.05) is 12.4 Å². The summed E-state index contributed by atoms with van der Waals surface area (Å²) in [6.07, 6.45) is -0.874. The van der Waals surface area contributed by atoms with Crippen LogP contribution >= 0.6 is 0 Å². The molecule has 0 aromatic heterocycles. The third-order valence-corrected chi connectivity index (χ3v) is 3.10. The van der Waals surface area contributed by atoms with Gasteiger partial charge in [0.15, 0.2) is 17.6 Å². The van der Waals surface area contributed by atoms with E-state index in [4.69, 9.17) is 9.47 Å². The van der Waals surface area contributed by atoms with Crippen LogP contribution in [0.5, 0.6) is 17.2 Å². The molecule has 2 aromatic carbocycles. The van der Waals surface area contributed by atoms with Crippen molar-refractivity contribution < 1.29 is 27.8 Å². The Morgan fingerprint density at radius 1 is 0.958 bits per heavy atom. The van der Waals surface area contributed by atoms with Crippen LogP contribution in [0.4, 0.5) is 14.5 Å². The second-order valence-electron chi connectivity index (χ2n) is 4.77. The molecule has 0 heterocycles. The molecule has 1 atom stereocenters. The summed E-state index contributed by atoms with van der Waals surface area (Å²) in [6.45, 7) is -1.44. The van der Waals surface area contributed by atoms with E-state index in [1.807, 2.05) is 0 Å². The molecule has 128 valence electrons. The van der Waals surface area contributed by atoms with E-state index in [9.17, 15) is 13.6 Å². The number of ether oxygens (including phenoxy) is 3. The van der Waals surface area contributed by atoms with Crippen molar-refractivity contribution in [1.82, 2.24) is 0 Å².